The zero-order valence-corrected chi connectivity index (χ0v) is 11.4. The average molecular weight is 267 g/mol. The van der Waals surface area contributed by atoms with Crippen LogP contribution in [0.4, 0.5) is 0 Å². The number of aromatic nitrogens is 1. The molecule has 0 bridgehead atoms. The van der Waals surface area contributed by atoms with Crippen molar-refractivity contribution in [3.63, 3.8) is 0 Å². The highest BCUT2D eigenvalue weighted by Gasteiger charge is 2.09. The molecule has 0 aliphatic heterocycles. The Balaban J connectivity index is 2.14. The zero-order valence-electron chi connectivity index (χ0n) is 10.5. The lowest BCUT2D eigenvalue weighted by Crippen LogP contribution is -2.10. The zero-order chi connectivity index (χ0) is 13.2. The molecule has 0 spiro atoms. The summed E-state index contributed by atoms with van der Waals surface area (Å²) in [5, 5.41) is 0. The van der Waals surface area contributed by atoms with E-state index >= 15 is 0 Å². The third kappa shape index (κ3) is 2.25. The first-order valence-electron chi connectivity index (χ1n) is 6.10. The molecular formula is C16H13NOS. The number of aryl methyl sites for hydroxylation is 1. The van der Waals surface area contributed by atoms with Gasteiger partial charge in [0.2, 0.25) is 0 Å². The molecular weight excluding hydrogens is 254 g/mol. The van der Waals surface area contributed by atoms with E-state index in [1.54, 1.807) is 10.0 Å². The van der Waals surface area contributed by atoms with Crippen molar-refractivity contribution in [2.24, 2.45) is 0 Å². The molecule has 0 N–H and O–H groups in total. The van der Waals surface area contributed by atoms with Crippen LogP contribution >= 0.6 is 11.5 Å². The summed E-state index contributed by atoms with van der Waals surface area (Å²) in [4.78, 5) is 13.1. The van der Waals surface area contributed by atoms with Crippen molar-refractivity contribution in [1.29, 1.82) is 0 Å². The van der Waals surface area contributed by atoms with Gasteiger partial charge in [0, 0.05) is 6.07 Å². The molecule has 0 fully saturated rings. The van der Waals surface area contributed by atoms with Crippen molar-refractivity contribution in [3.8, 4) is 16.1 Å². The molecule has 2 nitrogen and oxygen atoms in total. The van der Waals surface area contributed by atoms with Crippen molar-refractivity contribution >= 4 is 11.5 Å². The minimum atomic E-state index is 0.0261. The second-order valence-corrected chi connectivity index (χ2v) is 5.37. The standard InChI is InChI=1S/C16H13NOS/c1-12-7-5-6-10-14(12)17-16(18)11-15(19-17)13-8-3-2-4-9-13/h2-11H,1H3. The summed E-state index contributed by atoms with van der Waals surface area (Å²) >= 11 is 1.48. The Morgan fingerprint density at radius 1 is 0.947 bits per heavy atom. The first-order chi connectivity index (χ1) is 9.25. The highest BCUT2D eigenvalue weighted by Crippen LogP contribution is 2.25. The smallest absolute Gasteiger partial charge is 0.265 e. The lowest BCUT2D eigenvalue weighted by Gasteiger charge is -2.04. The van der Waals surface area contributed by atoms with E-state index in [0.29, 0.717) is 0 Å². The summed E-state index contributed by atoms with van der Waals surface area (Å²) in [7, 11) is 0. The van der Waals surface area contributed by atoms with E-state index in [2.05, 4.69) is 0 Å². The van der Waals surface area contributed by atoms with Crippen molar-refractivity contribution in [3.05, 3.63) is 76.6 Å². The van der Waals surface area contributed by atoms with Crippen molar-refractivity contribution in [2.75, 3.05) is 0 Å². The largest absolute Gasteiger partial charge is 0.268 e. The highest BCUT2D eigenvalue weighted by molar-refractivity contribution is 7.10. The number of hydrogen-bond acceptors (Lipinski definition) is 2. The number of rotatable bonds is 2. The van der Waals surface area contributed by atoms with Crippen LogP contribution in [-0.4, -0.2) is 3.96 Å². The van der Waals surface area contributed by atoms with Gasteiger partial charge in [0.15, 0.2) is 0 Å². The summed E-state index contributed by atoms with van der Waals surface area (Å²) in [5.74, 6) is 0. The lowest BCUT2D eigenvalue weighted by atomic mass is 10.2. The van der Waals surface area contributed by atoms with Crippen LogP contribution in [0, 0.1) is 6.92 Å². The molecule has 0 amide bonds. The van der Waals surface area contributed by atoms with E-state index in [1.165, 1.54) is 11.5 Å². The van der Waals surface area contributed by atoms with Gasteiger partial charge in [0.05, 0.1) is 10.6 Å². The Kier molecular flexibility index (Phi) is 3.05. The topological polar surface area (TPSA) is 22.0 Å². The molecule has 94 valence electrons. The van der Waals surface area contributed by atoms with Crippen molar-refractivity contribution in [1.82, 2.24) is 3.96 Å². The summed E-state index contributed by atoms with van der Waals surface area (Å²) < 4.78 is 1.75. The van der Waals surface area contributed by atoms with Gasteiger partial charge in [-0.1, -0.05) is 60.1 Å². The number of hydrogen-bond donors (Lipinski definition) is 0. The molecule has 19 heavy (non-hydrogen) atoms. The normalized spacial score (nSPS) is 10.6. The minimum Gasteiger partial charge on any atom is -0.268 e. The minimum absolute atomic E-state index is 0.0261. The molecule has 1 aromatic heterocycles. The van der Waals surface area contributed by atoms with Gasteiger partial charge >= 0.3 is 0 Å². The Hall–Kier alpha value is -2.13. The molecule has 3 rings (SSSR count). The third-order valence-electron chi connectivity index (χ3n) is 3.04. The quantitative estimate of drug-likeness (QED) is 0.690. The van der Waals surface area contributed by atoms with Gasteiger partial charge in [-0.3, -0.25) is 4.79 Å². The van der Waals surface area contributed by atoms with Gasteiger partial charge in [-0.2, -0.15) is 0 Å². The highest BCUT2D eigenvalue weighted by atomic mass is 32.1. The van der Waals surface area contributed by atoms with Gasteiger partial charge in [0.25, 0.3) is 5.56 Å². The summed E-state index contributed by atoms with van der Waals surface area (Å²) in [6.07, 6.45) is 0. The Morgan fingerprint density at radius 3 is 2.37 bits per heavy atom. The second kappa shape index (κ2) is 4.86. The molecule has 3 heteroatoms. The van der Waals surface area contributed by atoms with E-state index in [9.17, 15) is 4.79 Å². The van der Waals surface area contributed by atoms with E-state index in [4.69, 9.17) is 0 Å². The van der Waals surface area contributed by atoms with Gasteiger partial charge in [-0.15, -0.1) is 0 Å². The Bertz CT molecular complexity index is 756. The van der Waals surface area contributed by atoms with Crippen LogP contribution in [0.2, 0.25) is 0 Å². The Labute approximate surface area is 115 Å². The molecule has 3 aromatic rings. The van der Waals surface area contributed by atoms with Crippen LogP contribution in [0.15, 0.2) is 65.5 Å². The van der Waals surface area contributed by atoms with Gasteiger partial charge in [-0.25, -0.2) is 3.96 Å². The average Bonchev–Trinajstić information content (AvgIpc) is 2.82. The van der Waals surface area contributed by atoms with Crippen molar-refractivity contribution in [2.45, 2.75) is 6.92 Å². The van der Waals surface area contributed by atoms with E-state index in [1.807, 2.05) is 61.5 Å². The molecule has 0 unspecified atom stereocenters. The fourth-order valence-corrected chi connectivity index (χ4v) is 3.08. The SMILES string of the molecule is Cc1ccccc1-n1sc(-c2ccccc2)cc1=O. The summed E-state index contributed by atoms with van der Waals surface area (Å²) in [6, 6.07) is 19.6. The lowest BCUT2D eigenvalue weighted by molar-refractivity contribution is 1.11. The van der Waals surface area contributed by atoms with Gasteiger partial charge < -0.3 is 0 Å². The molecule has 0 aliphatic carbocycles. The first kappa shape index (κ1) is 11.9. The maximum Gasteiger partial charge on any atom is 0.265 e. The van der Waals surface area contributed by atoms with Gasteiger partial charge in [0.1, 0.15) is 0 Å². The van der Waals surface area contributed by atoms with Crippen LogP contribution < -0.4 is 5.56 Å². The van der Waals surface area contributed by atoms with Crippen LogP contribution in [0.5, 0.6) is 0 Å². The first-order valence-corrected chi connectivity index (χ1v) is 6.88. The molecule has 0 saturated carbocycles. The van der Waals surface area contributed by atoms with Crippen LogP contribution in [0.3, 0.4) is 0 Å². The maximum atomic E-state index is 12.1. The van der Waals surface area contributed by atoms with Crippen LogP contribution in [0.25, 0.3) is 16.1 Å². The molecule has 2 aromatic carbocycles. The van der Waals surface area contributed by atoms with E-state index < -0.39 is 0 Å². The monoisotopic (exact) mass is 267 g/mol. The molecule has 0 aliphatic rings. The Morgan fingerprint density at radius 2 is 1.63 bits per heavy atom. The predicted molar refractivity (Wildman–Crippen MR) is 80.1 cm³/mol. The van der Waals surface area contributed by atoms with Gasteiger partial charge in [-0.05, 0) is 24.1 Å². The summed E-state index contributed by atoms with van der Waals surface area (Å²) in [5.41, 5.74) is 3.17. The van der Waals surface area contributed by atoms with E-state index in [-0.39, 0.29) is 5.56 Å². The number of benzene rings is 2. The van der Waals surface area contributed by atoms with Crippen molar-refractivity contribution < 1.29 is 0 Å². The second-order valence-electron chi connectivity index (χ2n) is 4.39. The number of nitrogens with zero attached hydrogens (tertiary/aromatic N) is 1. The summed E-state index contributed by atoms with van der Waals surface area (Å²) in [6.45, 7) is 2.02. The molecule has 0 saturated heterocycles. The van der Waals surface area contributed by atoms with E-state index in [0.717, 1.165) is 21.7 Å². The van der Waals surface area contributed by atoms with Crippen LogP contribution in [-0.2, 0) is 0 Å². The molecule has 0 atom stereocenters. The fourth-order valence-electron chi connectivity index (χ4n) is 2.04. The fraction of sp³-hybridized carbons (Fsp3) is 0.0625. The maximum absolute atomic E-state index is 12.1. The third-order valence-corrected chi connectivity index (χ3v) is 4.15. The number of para-hydroxylation sites is 1. The molecule has 0 radical (unpaired) electrons. The predicted octanol–water partition coefficient (Wildman–Crippen LogP) is 3.87. The molecule has 1 heterocycles. The van der Waals surface area contributed by atoms with Crippen LogP contribution in [0.1, 0.15) is 5.56 Å².